The van der Waals surface area contributed by atoms with Crippen LogP contribution in [0.3, 0.4) is 0 Å². The zero-order chi connectivity index (χ0) is 16.8. The molecular formula is C19H22ClN3S. The number of anilines is 1. The van der Waals surface area contributed by atoms with Crippen LogP contribution >= 0.6 is 23.8 Å². The van der Waals surface area contributed by atoms with Gasteiger partial charge in [0.15, 0.2) is 5.11 Å². The van der Waals surface area contributed by atoms with E-state index in [4.69, 9.17) is 23.8 Å². The van der Waals surface area contributed by atoms with E-state index < -0.39 is 0 Å². The minimum atomic E-state index is 0.618. The summed E-state index contributed by atoms with van der Waals surface area (Å²) in [7, 11) is 0. The Morgan fingerprint density at radius 1 is 1.08 bits per heavy atom. The fourth-order valence-corrected chi connectivity index (χ4v) is 3.37. The van der Waals surface area contributed by atoms with Gasteiger partial charge in [0, 0.05) is 26.2 Å². The van der Waals surface area contributed by atoms with Gasteiger partial charge in [0.05, 0.1) is 10.7 Å². The number of nitrogens with one attached hydrogen (secondary N) is 2. The molecule has 0 aromatic heterocycles. The highest BCUT2D eigenvalue weighted by atomic mass is 35.5. The normalized spacial score (nSPS) is 14.0. The van der Waals surface area contributed by atoms with Crippen LogP contribution in [0.15, 0.2) is 48.5 Å². The van der Waals surface area contributed by atoms with Crippen molar-refractivity contribution in [3.8, 4) is 0 Å². The summed E-state index contributed by atoms with van der Waals surface area (Å²) < 4.78 is 0. The third-order valence-electron chi connectivity index (χ3n) is 4.27. The molecule has 5 heteroatoms. The second-order valence-corrected chi connectivity index (χ2v) is 6.82. The molecule has 0 spiro atoms. The van der Waals surface area contributed by atoms with Crippen LogP contribution in [0.4, 0.5) is 5.69 Å². The van der Waals surface area contributed by atoms with Crippen molar-refractivity contribution in [1.82, 2.24) is 10.2 Å². The number of thiocarbonyl (C=S) groups is 1. The van der Waals surface area contributed by atoms with Gasteiger partial charge in [-0.25, -0.2) is 0 Å². The minimum Gasteiger partial charge on any atom is -0.362 e. The molecule has 3 nitrogen and oxygen atoms in total. The van der Waals surface area contributed by atoms with E-state index >= 15 is 0 Å². The Bertz CT molecular complexity index is 705. The van der Waals surface area contributed by atoms with E-state index in [2.05, 4.69) is 39.8 Å². The van der Waals surface area contributed by atoms with Crippen LogP contribution in [-0.2, 0) is 13.0 Å². The molecule has 0 bridgehead atoms. The van der Waals surface area contributed by atoms with Crippen LogP contribution in [0.5, 0.6) is 0 Å². The monoisotopic (exact) mass is 359 g/mol. The van der Waals surface area contributed by atoms with E-state index in [1.165, 1.54) is 11.1 Å². The van der Waals surface area contributed by atoms with Crippen LogP contribution in [0.25, 0.3) is 0 Å². The lowest BCUT2D eigenvalue weighted by Gasteiger charge is -2.28. The molecule has 0 unspecified atom stereocenters. The van der Waals surface area contributed by atoms with Crippen molar-refractivity contribution in [2.45, 2.75) is 19.4 Å². The van der Waals surface area contributed by atoms with Gasteiger partial charge >= 0.3 is 0 Å². The topological polar surface area (TPSA) is 27.3 Å². The van der Waals surface area contributed by atoms with Crippen molar-refractivity contribution in [3.63, 3.8) is 0 Å². The Balaban J connectivity index is 1.37. The van der Waals surface area contributed by atoms with E-state index in [0.29, 0.717) is 10.1 Å². The first-order valence-corrected chi connectivity index (χ1v) is 9.09. The molecule has 2 aromatic carbocycles. The molecule has 0 amide bonds. The molecule has 24 heavy (non-hydrogen) atoms. The fourth-order valence-electron chi connectivity index (χ4n) is 2.98. The Morgan fingerprint density at radius 2 is 1.83 bits per heavy atom. The SMILES string of the molecule is S=C(NCCCN1CCc2ccccc2C1)Nc1ccccc1Cl. The maximum Gasteiger partial charge on any atom is 0.170 e. The number of nitrogens with zero attached hydrogens (tertiary/aromatic N) is 1. The van der Waals surface area contributed by atoms with Gasteiger partial charge in [-0.1, -0.05) is 48.0 Å². The second kappa shape index (κ2) is 8.47. The van der Waals surface area contributed by atoms with Crippen molar-refractivity contribution >= 4 is 34.6 Å². The summed E-state index contributed by atoms with van der Waals surface area (Å²) in [4.78, 5) is 2.51. The number of rotatable bonds is 5. The predicted molar refractivity (Wildman–Crippen MR) is 106 cm³/mol. The molecule has 0 radical (unpaired) electrons. The van der Waals surface area contributed by atoms with Gasteiger partial charge in [-0.05, 0) is 48.3 Å². The van der Waals surface area contributed by atoms with E-state index in [0.717, 1.165) is 44.7 Å². The number of benzene rings is 2. The molecule has 0 saturated carbocycles. The molecule has 2 aromatic rings. The number of para-hydroxylation sites is 1. The number of hydrogen-bond acceptors (Lipinski definition) is 2. The van der Waals surface area contributed by atoms with Crippen LogP contribution in [0.1, 0.15) is 17.5 Å². The number of fused-ring (bicyclic) bond motifs is 1. The van der Waals surface area contributed by atoms with Gasteiger partial charge in [-0.3, -0.25) is 4.90 Å². The van der Waals surface area contributed by atoms with Crippen molar-refractivity contribution < 1.29 is 0 Å². The van der Waals surface area contributed by atoms with Gasteiger partial charge in [-0.15, -0.1) is 0 Å². The summed E-state index contributed by atoms with van der Waals surface area (Å²) >= 11 is 11.4. The van der Waals surface area contributed by atoms with E-state index in [-0.39, 0.29) is 0 Å². The molecule has 1 heterocycles. The van der Waals surface area contributed by atoms with Gasteiger partial charge in [0.2, 0.25) is 0 Å². The zero-order valence-corrected chi connectivity index (χ0v) is 15.2. The highest BCUT2D eigenvalue weighted by Crippen LogP contribution is 2.20. The second-order valence-electron chi connectivity index (χ2n) is 6.01. The molecule has 0 atom stereocenters. The molecule has 126 valence electrons. The van der Waals surface area contributed by atoms with Crippen molar-refractivity contribution in [3.05, 3.63) is 64.7 Å². The predicted octanol–water partition coefficient (Wildman–Crippen LogP) is 4.07. The largest absolute Gasteiger partial charge is 0.362 e. The molecule has 1 aliphatic heterocycles. The van der Waals surface area contributed by atoms with Crippen LogP contribution < -0.4 is 10.6 Å². The molecule has 3 rings (SSSR count). The van der Waals surface area contributed by atoms with E-state index in [1.54, 1.807) is 0 Å². The third-order valence-corrected chi connectivity index (χ3v) is 4.84. The van der Waals surface area contributed by atoms with E-state index in [1.807, 2.05) is 24.3 Å². The summed E-state index contributed by atoms with van der Waals surface area (Å²) in [5, 5.41) is 7.68. The van der Waals surface area contributed by atoms with Gasteiger partial charge < -0.3 is 10.6 Å². The quantitative estimate of drug-likeness (QED) is 0.621. The summed E-state index contributed by atoms with van der Waals surface area (Å²) in [5.41, 5.74) is 3.80. The Kier molecular flexibility index (Phi) is 6.07. The van der Waals surface area contributed by atoms with E-state index in [9.17, 15) is 0 Å². The van der Waals surface area contributed by atoms with Gasteiger partial charge in [0.25, 0.3) is 0 Å². The first kappa shape index (κ1) is 17.2. The lowest BCUT2D eigenvalue weighted by atomic mass is 10.00. The number of halogens is 1. The van der Waals surface area contributed by atoms with Crippen LogP contribution in [0.2, 0.25) is 5.02 Å². The maximum absolute atomic E-state index is 6.12. The average molecular weight is 360 g/mol. The van der Waals surface area contributed by atoms with Gasteiger partial charge in [0.1, 0.15) is 0 Å². The molecule has 2 N–H and O–H groups in total. The van der Waals surface area contributed by atoms with Crippen LogP contribution in [0, 0.1) is 0 Å². The van der Waals surface area contributed by atoms with Crippen LogP contribution in [-0.4, -0.2) is 29.6 Å². The lowest BCUT2D eigenvalue weighted by molar-refractivity contribution is 0.251. The third kappa shape index (κ3) is 4.69. The Labute approximate surface area is 154 Å². The number of hydrogen-bond donors (Lipinski definition) is 2. The highest BCUT2D eigenvalue weighted by Gasteiger charge is 2.14. The molecule has 0 fully saturated rings. The van der Waals surface area contributed by atoms with Crippen molar-refractivity contribution in [1.29, 1.82) is 0 Å². The van der Waals surface area contributed by atoms with Gasteiger partial charge in [-0.2, -0.15) is 0 Å². The minimum absolute atomic E-state index is 0.618. The molecule has 1 aliphatic rings. The lowest BCUT2D eigenvalue weighted by Crippen LogP contribution is -2.34. The summed E-state index contributed by atoms with van der Waals surface area (Å²) in [6.07, 6.45) is 2.21. The summed E-state index contributed by atoms with van der Waals surface area (Å²) in [6.45, 7) is 4.13. The summed E-state index contributed by atoms with van der Waals surface area (Å²) in [5.74, 6) is 0. The highest BCUT2D eigenvalue weighted by molar-refractivity contribution is 7.80. The molecule has 0 saturated heterocycles. The smallest absolute Gasteiger partial charge is 0.170 e. The van der Waals surface area contributed by atoms with Crippen molar-refractivity contribution in [2.24, 2.45) is 0 Å². The van der Waals surface area contributed by atoms with Crippen molar-refractivity contribution in [2.75, 3.05) is 25.0 Å². The Morgan fingerprint density at radius 3 is 2.67 bits per heavy atom. The standard InChI is InChI=1S/C19H22ClN3S/c20-17-8-3-4-9-18(17)22-19(24)21-11-5-12-23-13-10-15-6-1-2-7-16(15)14-23/h1-4,6-9H,5,10-14H2,(H2,21,22,24). The maximum atomic E-state index is 6.12. The zero-order valence-electron chi connectivity index (χ0n) is 13.6. The first-order valence-electron chi connectivity index (χ1n) is 8.31. The fraction of sp³-hybridized carbons (Fsp3) is 0.316. The first-order chi connectivity index (χ1) is 11.7. The molecule has 0 aliphatic carbocycles. The average Bonchev–Trinajstić information content (AvgIpc) is 2.60. The molecular weight excluding hydrogens is 338 g/mol. The summed E-state index contributed by atoms with van der Waals surface area (Å²) in [6, 6.07) is 16.3. The Hall–Kier alpha value is -1.62.